The number of nitrogens with zero attached hydrogens (tertiary/aromatic N) is 1. The molecule has 98 valence electrons. The predicted octanol–water partition coefficient (Wildman–Crippen LogP) is 0.472. The number of hydrogen-bond donors (Lipinski definition) is 2. The minimum absolute atomic E-state index is 0.116. The Bertz CT molecular complexity index is 396. The van der Waals surface area contributed by atoms with Crippen LogP contribution in [0.1, 0.15) is 18.6 Å². The predicted molar refractivity (Wildman–Crippen MR) is 66.5 cm³/mol. The molecule has 2 atom stereocenters. The summed E-state index contributed by atoms with van der Waals surface area (Å²) in [5, 5.41) is 14.7. The molecule has 0 bridgehead atoms. The molecule has 1 aromatic carbocycles. The third kappa shape index (κ3) is 3.07. The lowest BCUT2D eigenvalue weighted by Crippen LogP contribution is -2.50. The summed E-state index contributed by atoms with van der Waals surface area (Å²) >= 11 is 0. The Balaban J connectivity index is 1.95. The number of hydrogen-bond acceptors (Lipinski definition) is 5. The molecule has 18 heavy (non-hydrogen) atoms. The van der Waals surface area contributed by atoms with E-state index in [1.54, 1.807) is 29.3 Å². The van der Waals surface area contributed by atoms with Crippen molar-refractivity contribution in [2.24, 2.45) is 0 Å². The van der Waals surface area contributed by atoms with Crippen molar-refractivity contribution < 1.29 is 14.7 Å². The van der Waals surface area contributed by atoms with Crippen molar-refractivity contribution in [2.75, 3.05) is 19.6 Å². The van der Waals surface area contributed by atoms with Crippen molar-refractivity contribution >= 4 is 5.97 Å². The number of carbonyl (C=O) groups is 1. The first-order chi connectivity index (χ1) is 8.68. The first kappa shape index (κ1) is 13.0. The normalized spacial score (nSPS) is 22.4. The van der Waals surface area contributed by atoms with E-state index in [0.717, 1.165) is 13.1 Å². The van der Waals surface area contributed by atoms with Gasteiger partial charge >= 0.3 is 5.97 Å². The second kappa shape index (κ2) is 5.95. The number of nitrogens with one attached hydrogen (secondary N) is 1. The summed E-state index contributed by atoms with van der Waals surface area (Å²) in [4.78, 5) is 17.0. The van der Waals surface area contributed by atoms with Crippen LogP contribution in [0.25, 0.3) is 0 Å². The van der Waals surface area contributed by atoms with Crippen LogP contribution in [0.3, 0.4) is 0 Å². The molecule has 1 aromatic rings. The van der Waals surface area contributed by atoms with Crippen molar-refractivity contribution in [2.45, 2.75) is 19.1 Å². The molecular weight excluding hydrogens is 232 g/mol. The molecule has 5 nitrogen and oxygen atoms in total. The van der Waals surface area contributed by atoms with Crippen LogP contribution >= 0.6 is 0 Å². The number of piperazine rings is 1. The lowest BCUT2D eigenvalue weighted by atomic mass is 10.1. The van der Waals surface area contributed by atoms with Gasteiger partial charge < -0.3 is 15.3 Å². The Kier molecular flexibility index (Phi) is 4.30. The molecule has 0 saturated carbocycles. The second-order valence-corrected chi connectivity index (χ2v) is 4.42. The van der Waals surface area contributed by atoms with Crippen LogP contribution in [0.5, 0.6) is 0 Å². The largest absolute Gasteiger partial charge is 0.377 e. The standard InChI is InChI=1S/C13H18N2O3/c1-10-9-14-7-8-15(10)18-13(17)12(16)11-5-3-2-4-6-11/h2-6,10,12,14,16H,7-9H2,1H3/t10?,12-/m1/s1. The molecule has 1 aliphatic rings. The molecule has 1 fully saturated rings. The van der Waals surface area contributed by atoms with Gasteiger partial charge in [0.05, 0.1) is 6.04 Å². The van der Waals surface area contributed by atoms with E-state index in [0.29, 0.717) is 12.1 Å². The van der Waals surface area contributed by atoms with E-state index in [1.165, 1.54) is 0 Å². The number of aliphatic hydroxyl groups is 1. The number of hydroxylamine groups is 2. The van der Waals surface area contributed by atoms with Gasteiger partial charge in [0.15, 0.2) is 6.10 Å². The molecule has 0 aromatic heterocycles. The maximum atomic E-state index is 11.8. The van der Waals surface area contributed by atoms with Crippen molar-refractivity contribution in [1.82, 2.24) is 10.4 Å². The maximum absolute atomic E-state index is 11.8. The van der Waals surface area contributed by atoms with Gasteiger partial charge in [0.25, 0.3) is 0 Å². The van der Waals surface area contributed by atoms with Crippen molar-refractivity contribution in [3.63, 3.8) is 0 Å². The molecule has 2 rings (SSSR count). The Morgan fingerprint density at radius 3 is 2.89 bits per heavy atom. The van der Waals surface area contributed by atoms with Gasteiger partial charge in [-0.05, 0) is 12.5 Å². The summed E-state index contributed by atoms with van der Waals surface area (Å²) in [5.74, 6) is -0.630. The van der Waals surface area contributed by atoms with Crippen LogP contribution in [0.15, 0.2) is 30.3 Å². The highest BCUT2D eigenvalue weighted by atomic mass is 16.7. The van der Waals surface area contributed by atoms with E-state index < -0.39 is 12.1 Å². The molecule has 1 heterocycles. The zero-order valence-electron chi connectivity index (χ0n) is 10.4. The Labute approximate surface area is 106 Å². The number of rotatable bonds is 3. The van der Waals surface area contributed by atoms with Gasteiger partial charge in [-0.15, -0.1) is 5.06 Å². The Hall–Kier alpha value is -1.43. The van der Waals surface area contributed by atoms with Crippen LogP contribution < -0.4 is 5.32 Å². The van der Waals surface area contributed by atoms with Crippen LogP contribution in [0.2, 0.25) is 0 Å². The Morgan fingerprint density at radius 2 is 2.22 bits per heavy atom. The smallest absolute Gasteiger partial charge is 0.358 e. The van der Waals surface area contributed by atoms with Crippen LogP contribution in [0.4, 0.5) is 0 Å². The zero-order chi connectivity index (χ0) is 13.0. The molecule has 1 unspecified atom stereocenters. The highest BCUT2D eigenvalue weighted by Gasteiger charge is 2.26. The molecule has 2 N–H and O–H groups in total. The van der Waals surface area contributed by atoms with Gasteiger partial charge in [0.2, 0.25) is 0 Å². The summed E-state index contributed by atoms with van der Waals surface area (Å²) in [6, 6.07) is 8.91. The third-order valence-electron chi connectivity index (χ3n) is 2.99. The minimum Gasteiger partial charge on any atom is -0.377 e. The average Bonchev–Trinajstić information content (AvgIpc) is 2.41. The number of aliphatic hydroxyl groups excluding tert-OH is 1. The molecule has 1 saturated heterocycles. The highest BCUT2D eigenvalue weighted by Crippen LogP contribution is 2.15. The maximum Gasteiger partial charge on any atom is 0.358 e. The lowest BCUT2D eigenvalue weighted by molar-refractivity contribution is -0.213. The molecule has 0 radical (unpaired) electrons. The van der Waals surface area contributed by atoms with Gasteiger partial charge in [0, 0.05) is 19.6 Å². The lowest BCUT2D eigenvalue weighted by Gasteiger charge is -2.32. The van der Waals surface area contributed by atoms with E-state index in [2.05, 4.69) is 5.32 Å². The van der Waals surface area contributed by atoms with Crippen LogP contribution in [0, 0.1) is 0 Å². The first-order valence-electron chi connectivity index (χ1n) is 6.10. The van der Waals surface area contributed by atoms with Gasteiger partial charge in [-0.1, -0.05) is 30.3 Å². The van der Waals surface area contributed by atoms with Crippen molar-refractivity contribution in [1.29, 1.82) is 0 Å². The summed E-state index contributed by atoms with van der Waals surface area (Å²) in [7, 11) is 0. The number of carbonyl (C=O) groups excluding carboxylic acids is 1. The fraction of sp³-hybridized carbons (Fsp3) is 0.462. The summed E-state index contributed by atoms with van der Waals surface area (Å²) in [5.41, 5.74) is 0.547. The molecular formula is C13H18N2O3. The van der Waals surface area contributed by atoms with Crippen LogP contribution in [-0.4, -0.2) is 41.8 Å². The van der Waals surface area contributed by atoms with Gasteiger partial charge in [-0.25, -0.2) is 4.79 Å². The van der Waals surface area contributed by atoms with E-state index in [-0.39, 0.29) is 6.04 Å². The van der Waals surface area contributed by atoms with Gasteiger partial charge in [-0.3, -0.25) is 0 Å². The minimum atomic E-state index is -1.23. The fourth-order valence-electron chi connectivity index (χ4n) is 1.89. The second-order valence-electron chi connectivity index (χ2n) is 4.42. The highest BCUT2D eigenvalue weighted by molar-refractivity contribution is 5.75. The van der Waals surface area contributed by atoms with Crippen molar-refractivity contribution in [3.8, 4) is 0 Å². The van der Waals surface area contributed by atoms with E-state index in [4.69, 9.17) is 4.84 Å². The molecule has 0 spiro atoms. The molecule has 1 aliphatic heterocycles. The number of benzene rings is 1. The first-order valence-corrected chi connectivity index (χ1v) is 6.10. The summed E-state index contributed by atoms with van der Waals surface area (Å²) in [6.45, 7) is 4.15. The van der Waals surface area contributed by atoms with Gasteiger partial charge in [0.1, 0.15) is 0 Å². The van der Waals surface area contributed by atoms with E-state index in [1.807, 2.05) is 13.0 Å². The van der Waals surface area contributed by atoms with E-state index >= 15 is 0 Å². The SMILES string of the molecule is CC1CNCCN1OC(=O)[C@H](O)c1ccccc1. The summed E-state index contributed by atoms with van der Waals surface area (Å²) < 4.78 is 0. The average molecular weight is 250 g/mol. The van der Waals surface area contributed by atoms with E-state index in [9.17, 15) is 9.90 Å². The molecule has 5 heteroatoms. The molecule has 0 amide bonds. The quantitative estimate of drug-likeness (QED) is 0.816. The fourth-order valence-corrected chi connectivity index (χ4v) is 1.89. The van der Waals surface area contributed by atoms with Crippen LogP contribution in [-0.2, 0) is 9.63 Å². The summed E-state index contributed by atoms with van der Waals surface area (Å²) in [6.07, 6.45) is -1.23. The van der Waals surface area contributed by atoms with Crippen molar-refractivity contribution in [3.05, 3.63) is 35.9 Å². The zero-order valence-corrected chi connectivity index (χ0v) is 10.4. The topological polar surface area (TPSA) is 61.8 Å². The monoisotopic (exact) mass is 250 g/mol. The third-order valence-corrected chi connectivity index (χ3v) is 2.99. The van der Waals surface area contributed by atoms with Gasteiger partial charge in [-0.2, -0.15) is 0 Å². The Morgan fingerprint density at radius 1 is 1.50 bits per heavy atom. The molecule has 0 aliphatic carbocycles.